The molecule has 0 bridgehead atoms. The topological polar surface area (TPSA) is 90.8 Å². The van der Waals surface area contributed by atoms with E-state index in [-0.39, 0.29) is 21.9 Å². The molecule has 37 heavy (non-hydrogen) atoms. The van der Waals surface area contributed by atoms with Crippen LogP contribution in [0.4, 0.5) is 15.8 Å². The number of pyridine rings is 1. The Hall–Kier alpha value is -3.01. The first-order valence-corrected chi connectivity index (χ1v) is 14.0. The third-order valence-electron chi connectivity index (χ3n) is 7.51. The van der Waals surface area contributed by atoms with Gasteiger partial charge in [-0.05, 0) is 60.7 Å². The molecule has 0 unspecified atom stereocenters. The number of carbonyl (C=O) groups is 1. The first-order chi connectivity index (χ1) is 17.7. The molecule has 0 spiro atoms. The molecule has 5 rings (SSSR count). The first kappa shape index (κ1) is 25.6. The first-order valence-electron chi connectivity index (χ1n) is 12.2. The van der Waals surface area contributed by atoms with Gasteiger partial charge in [0.25, 0.3) is 0 Å². The minimum absolute atomic E-state index is 0.0609. The smallest absolute Gasteiger partial charge is 0.338 e. The molecule has 1 fully saturated rings. The van der Waals surface area contributed by atoms with Crippen LogP contribution in [0.25, 0.3) is 11.1 Å². The molecule has 194 valence electrons. The molecule has 2 aromatic carbocycles. The van der Waals surface area contributed by atoms with E-state index >= 15 is 0 Å². The van der Waals surface area contributed by atoms with Crippen molar-refractivity contribution in [2.75, 3.05) is 18.5 Å². The number of nitrogens with zero attached hydrogens (tertiary/aromatic N) is 3. The number of hydrogen-bond acceptors (Lipinski definition) is 5. The average Bonchev–Trinajstić information content (AvgIpc) is 2.97. The number of aromatic carboxylic acids is 1. The van der Waals surface area contributed by atoms with Crippen molar-refractivity contribution in [3.8, 4) is 11.1 Å². The molecule has 3 aromatic rings. The molecule has 1 saturated carbocycles. The second-order valence-corrected chi connectivity index (χ2v) is 12.0. The van der Waals surface area contributed by atoms with E-state index in [1.54, 1.807) is 25.5 Å². The molecular formula is C27H27ClFN3O4S. The lowest BCUT2D eigenvalue weighted by Crippen LogP contribution is -2.46. The van der Waals surface area contributed by atoms with Crippen LogP contribution in [0.5, 0.6) is 0 Å². The minimum Gasteiger partial charge on any atom is -0.478 e. The summed E-state index contributed by atoms with van der Waals surface area (Å²) >= 11 is 6.70. The number of halogens is 2. The van der Waals surface area contributed by atoms with Crippen molar-refractivity contribution < 1.29 is 22.7 Å². The van der Waals surface area contributed by atoms with Crippen molar-refractivity contribution in [1.29, 1.82) is 0 Å². The number of carboxylic acid groups (broad SMARTS) is 1. The Morgan fingerprint density at radius 3 is 2.46 bits per heavy atom. The molecule has 1 aromatic heterocycles. The minimum atomic E-state index is -3.95. The number of carboxylic acids is 1. The van der Waals surface area contributed by atoms with Crippen molar-refractivity contribution in [2.24, 2.45) is 5.92 Å². The van der Waals surface area contributed by atoms with Crippen molar-refractivity contribution in [3.63, 3.8) is 0 Å². The lowest BCUT2D eigenvalue weighted by molar-refractivity contribution is 0.0692. The van der Waals surface area contributed by atoms with Gasteiger partial charge in [-0.3, -0.25) is 4.98 Å². The standard InChI is InChI=1S/C27H27ClFN3O4S/c1-31-25(17-5-3-2-4-6-17)16-32(19-9-11-30-12-10-19)24-15-22(28)20(14-26(24)37(31,35)36)18-7-8-23(29)21(13-18)27(33)34/h7-15,17,25H,2-6,16H2,1H3,(H,33,34)/t25-/m0/s1. The van der Waals surface area contributed by atoms with E-state index in [9.17, 15) is 22.7 Å². The number of anilines is 2. The monoisotopic (exact) mass is 543 g/mol. The summed E-state index contributed by atoms with van der Waals surface area (Å²) in [5, 5.41) is 9.61. The van der Waals surface area contributed by atoms with Gasteiger partial charge in [-0.25, -0.2) is 17.6 Å². The largest absolute Gasteiger partial charge is 0.478 e. The van der Waals surface area contributed by atoms with Gasteiger partial charge in [-0.15, -0.1) is 0 Å². The van der Waals surface area contributed by atoms with Crippen LogP contribution in [0.3, 0.4) is 0 Å². The van der Waals surface area contributed by atoms with Crippen molar-refractivity contribution in [3.05, 3.63) is 71.3 Å². The van der Waals surface area contributed by atoms with Gasteiger partial charge in [-0.1, -0.05) is 36.9 Å². The van der Waals surface area contributed by atoms with Crippen molar-refractivity contribution >= 4 is 39.0 Å². The molecule has 2 heterocycles. The zero-order valence-corrected chi connectivity index (χ0v) is 21.8. The molecule has 7 nitrogen and oxygen atoms in total. The van der Waals surface area contributed by atoms with Crippen molar-refractivity contribution in [2.45, 2.75) is 43.0 Å². The second-order valence-electron chi connectivity index (χ2n) is 9.60. The van der Waals surface area contributed by atoms with E-state index < -0.39 is 27.4 Å². The highest BCUT2D eigenvalue weighted by atomic mass is 35.5. The maximum absolute atomic E-state index is 14.1. The second kappa shape index (κ2) is 10.0. The predicted molar refractivity (Wildman–Crippen MR) is 140 cm³/mol. The summed E-state index contributed by atoms with van der Waals surface area (Å²) in [6, 6.07) is 10.1. The van der Waals surface area contributed by atoms with Gasteiger partial charge in [0.05, 0.1) is 16.3 Å². The van der Waals surface area contributed by atoms with Crippen LogP contribution in [0.15, 0.2) is 59.8 Å². The maximum atomic E-state index is 14.1. The third kappa shape index (κ3) is 4.71. The van der Waals surface area contributed by atoms with Crippen LogP contribution in [0.2, 0.25) is 5.02 Å². The van der Waals surface area contributed by atoms with Gasteiger partial charge < -0.3 is 10.0 Å². The molecule has 0 saturated heterocycles. The SMILES string of the molecule is CN1[C@H](C2CCCCC2)CN(c2ccncc2)c2cc(Cl)c(-c3ccc(F)c(C(=O)O)c3)cc2S1(=O)=O. The number of benzene rings is 2. The van der Waals surface area contributed by atoms with Crippen LogP contribution in [0, 0.1) is 11.7 Å². The Morgan fingerprint density at radius 2 is 1.78 bits per heavy atom. The number of aromatic nitrogens is 1. The number of rotatable bonds is 4. The summed E-state index contributed by atoms with van der Waals surface area (Å²) < 4.78 is 43.7. The lowest BCUT2D eigenvalue weighted by Gasteiger charge is -2.36. The van der Waals surface area contributed by atoms with E-state index in [1.807, 2.05) is 17.0 Å². The average molecular weight is 544 g/mol. The lowest BCUT2D eigenvalue weighted by atomic mass is 9.83. The van der Waals surface area contributed by atoms with Crippen molar-refractivity contribution in [1.82, 2.24) is 9.29 Å². The van der Waals surface area contributed by atoms with Gasteiger partial charge in [-0.2, -0.15) is 4.31 Å². The Kier molecular flexibility index (Phi) is 6.95. The van der Waals surface area contributed by atoms with E-state index in [0.29, 0.717) is 23.4 Å². The summed E-state index contributed by atoms with van der Waals surface area (Å²) in [6.45, 7) is 0.451. The summed E-state index contributed by atoms with van der Waals surface area (Å²) in [7, 11) is -2.32. The van der Waals surface area contributed by atoms with E-state index in [4.69, 9.17) is 11.6 Å². The van der Waals surface area contributed by atoms with Crippen LogP contribution in [-0.2, 0) is 10.0 Å². The molecule has 0 amide bonds. The predicted octanol–water partition coefficient (Wildman–Crippen LogP) is 5.96. The Morgan fingerprint density at radius 1 is 1.08 bits per heavy atom. The summed E-state index contributed by atoms with van der Waals surface area (Å²) in [6.07, 6.45) is 8.55. The third-order valence-corrected chi connectivity index (χ3v) is 9.73. The maximum Gasteiger partial charge on any atom is 0.338 e. The number of sulfonamides is 1. The summed E-state index contributed by atoms with van der Waals surface area (Å²) in [5.74, 6) is -2.08. The molecule has 1 atom stereocenters. The Bertz CT molecular complexity index is 1450. The van der Waals surface area contributed by atoms with Crippen LogP contribution in [0.1, 0.15) is 42.5 Å². The fourth-order valence-corrected chi connectivity index (χ4v) is 7.38. The highest BCUT2D eigenvalue weighted by molar-refractivity contribution is 7.89. The normalized spacial score (nSPS) is 20.3. The quantitative estimate of drug-likeness (QED) is 0.436. The van der Waals surface area contributed by atoms with Crippen LogP contribution in [-0.4, -0.2) is 48.4 Å². The summed E-state index contributed by atoms with van der Waals surface area (Å²) in [5.41, 5.74) is 1.34. The van der Waals surface area contributed by atoms with E-state index in [1.165, 1.54) is 22.5 Å². The fraction of sp³-hybridized carbons (Fsp3) is 0.333. The van der Waals surface area contributed by atoms with Gasteiger partial charge in [0.2, 0.25) is 10.0 Å². The van der Waals surface area contributed by atoms with Gasteiger partial charge >= 0.3 is 5.97 Å². The van der Waals surface area contributed by atoms with Gasteiger partial charge in [0, 0.05) is 43.3 Å². The number of likely N-dealkylation sites (N-methyl/N-ethyl adjacent to an activating group) is 1. The molecule has 1 aliphatic carbocycles. The number of hydrogen-bond donors (Lipinski definition) is 1. The number of fused-ring (bicyclic) bond motifs is 1. The highest BCUT2D eigenvalue weighted by Crippen LogP contribution is 2.44. The van der Waals surface area contributed by atoms with Gasteiger partial charge in [0.15, 0.2) is 0 Å². The fourth-order valence-electron chi connectivity index (χ4n) is 5.51. The molecule has 1 aliphatic heterocycles. The molecular weight excluding hydrogens is 517 g/mol. The molecule has 10 heteroatoms. The van der Waals surface area contributed by atoms with Crippen LogP contribution >= 0.6 is 11.6 Å². The molecule has 1 N–H and O–H groups in total. The Balaban J connectivity index is 1.71. The summed E-state index contributed by atoms with van der Waals surface area (Å²) in [4.78, 5) is 17.7. The van der Waals surface area contributed by atoms with Crippen LogP contribution < -0.4 is 4.90 Å². The zero-order chi connectivity index (χ0) is 26.3. The molecule has 2 aliphatic rings. The molecule has 0 radical (unpaired) electrons. The Labute approximate surface area is 220 Å². The highest BCUT2D eigenvalue weighted by Gasteiger charge is 2.41. The van der Waals surface area contributed by atoms with E-state index in [2.05, 4.69) is 4.98 Å². The zero-order valence-electron chi connectivity index (χ0n) is 20.3. The van der Waals surface area contributed by atoms with Gasteiger partial charge in [0.1, 0.15) is 10.7 Å². The van der Waals surface area contributed by atoms with E-state index in [0.717, 1.165) is 43.9 Å².